The molecule has 1 aromatic heterocycles. The number of thiazole rings is 1. The number of ether oxygens (including phenoxy) is 2. The van der Waals surface area contributed by atoms with E-state index >= 15 is 0 Å². The van der Waals surface area contributed by atoms with E-state index in [2.05, 4.69) is 36.8 Å². The fraction of sp³-hybridized carbons (Fsp3) is 0.121. The molecule has 0 aliphatic rings. The van der Waals surface area contributed by atoms with Gasteiger partial charge in [-0.05, 0) is 89.4 Å². The zero-order valence-corrected chi connectivity index (χ0v) is 25.8. The van der Waals surface area contributed by atoms with Crippen LogP contribution in [0.15, 0.2) is 99.9 Å². The van der Waals surface area contributed by atoms with Crippen LogP contribution in [-0.2, 0) is 6.61 Å². The summed E-state index contributed by atoms with van der Waals surface area (Å²) in [5.41, 5.74) is 8.46. The SMILES string of the molecule is CCOc1cc(/C=N\NC(=O)c2ccc(-c3csc(Nc4ccc(C)cc4)n3)cc2)cc(Br)c1OCc1ccc(F)cc1. The van der Waals surface area contributed by atoms with Crippen LogP contribution in [0.1, 0.15) is 34.0 Å². The van der Waals surface area contributed by atoms with Gasteiger partial charge in [-0.1, -0.05) is 42.0 Å². The van der Waals surface area contributed by atoms with Gasteiger partial charge in [-0.15, -0.1) is 11.3 Å². The van der Waals surface area contributed by atoms with E-state index in [4.69, 9.17) is 9.47 Å². The maximum Gasteiger partial charge on any atom is 0.271 e. The minimum atomic E-state index is -0.342. The largest absolute Gasteiger partial charge is 0.490 e. The van der Waals surface area contributed by atoms with Gasteiger partial charge in [-0.2, -0.15) is 5.10 Å². The zero-order valence-electron chi connectivity index (χ0n) is 23.4. The smallest absolute Gasteiger partial charge is 0.271 e. The van der Waals surface area contributed by atoms with E-state index in [1.807, 2.05) is 61.7 Å². The molecule has 0 saturated carbocycles. The molecule has 0 fully saturated rings. The molecule has 0 aliphatic heterocycles. The molecule has 0 unspecified atom stereocenters. The molecule has 43 heavy (non-hydrogen) atoms. The summed E-state index contributed by atoms with van der Waals surface area (Å²) in [7, 11) is 0. The van der Waals surface area contributed by atoms with E-state index in [0.717, 1.165) is 27.6 Å². The Labute approximate surface area is 261 Å². The number of halogens is 2. The molecule has 2 N–H and O–H groups in total. The first-order chi connectivity index (χ1) is 20.9. The summed E-state index contributed by atoms with van der Waals surface area (Å²) >= 11 is 5.05. The molecule has 218 valence electrons. The van der Waals surface area contributed by atoms with E-state index in [-0.39, 0.29) is 18.3 Å². The van der Waals surface area contributed by atoms with Crippen molar-refractivity contribution in [2.24, 2.45) is 5.10 Å². The molecule has 1 heterocycles. The lowest BCUT2D eigenvalue weighted by molar-refractivity contribution is 0.0955. The van der Waals surface area contributed by atoms with E-state index in [1.54, 1.807) is 30.3 Å². The van der Waals surface area contributed by atoms with Crippen LogP contribution in [-0.4, -0.2) is 23.7 Å². The highest BCUT2D eigenvalue weighted by atomic mass is 79.9. The van der Waals surface area contributed by atoms with Gasteiger partial charge in [0.2, 0.25) is 0 Å². The number of anilines is 2. The van der Waals surface area contributed by atoms with E-state index < -0.39 is 0 Å². The third-order valence-electron chi connectivity index (χ3n) is 6.26. The summed E-state index contributed by atoms with van der Waals surface area (Å²) in [6, 6.07) is 25.0. The lowest BCUT2D eigenvalue weighted by atomic mass is 10.1. The van der Waals surface area contributed by atoms with Crippen LogP contribution in [0.3, 0.4) is 0 Å². The summed E-state index contributed by atoms with van der Waals surface area (Å²) in [6.07, 6.45) is 1.53. The van der Waals surface area contributed by atoms with Crippen molar-refractivity contribution in [1.82, 2.24) is 10.4 Å². The van der Waals surface area contributed by atoms with Gasteiger partial charge in [0, 0.05) is 22.2 Å². The maximum absolute atomic E-state index is 13.2. The molecule has 0 saturated heterocycles. The first kappa shape index (κ1) is 29.9. The summed E-state index contributed by atoms with van der Waals surface area (Å²) < 4.78 is 25.6. The fourth-order valence-corrected chi connectivity index (χ4v) is 5.36. The Kier molecular flexibility index (Phi) is 9.81. The van der Waals surface area contributed by atoms with E-state index in [1.165, 1.54) is 35.2 Å². The number of hydrogen-bond acceptors (Lipinski definition) is 7. The molecule has 5 aromatic rings. The fourth-order valence-electron chi connectivity index (χ4n) is 4.05. The van der Waals surface area contributed by atoms with Crippen LogP contribution in [0.5, 0.6) is 11.5 Å². The number of carbonyl (C=O) groups excluding carboxylic acids is 1. The number of nitrogens with one attached hydrogen (secondary N) is 2. The second-order valence-electron chi connectivity index (χ2n) is 9.48. The Morgan fingerprint density at radius 3 is 2.49 bits per heavy atom. The summed E-state index contributed by atoms with van der Waals surface area (Å²) in [6.45, 7) is 4.60. The molecule has 0 aliphatic carbocycles. The molecule has 0 radical (unpaired) electrons. The van der Waals surface area contributed by atoms with Crippen molar-refractivity contribution in [2.45, 2.75) is 20.5 Å². The van der Waals surface area contributed by atoms with Gasteiger partial charge >= 0.3 is 0 Å². The molecular formula is C33H28BrFN4O3S. The Morgan fingerprint density at radius 2 is 1.77 bits per heavy atom. The van der Waals surface area contributed by atoms with Gasteiger partial charge in [0.1, 0.15) is 12.4 Å². The van der Waals surface area contributed by atoms with Crippen LogP contribution in [0.4, 0.5) is 15.2 Å². The highest BCUT2D eigenvalue weighted by molar-refractivity contribution is 9.10. The van der Waals surface area contributed by atoms with Gasteiger partial charge < -0.3 is 14.8 Å². The van der Waals surface area contributed by atoms with Crippen LogP contribution in [0.2, 0.25) is 0 Å². The van der Waals surface area contributed by atoms with Gasteiger partial charge in [0.05, 0.1) is 23.0 Å². The minimum Gasteiger partial charge on any atom is -0.490 e. The normalized spacial score (nSPS) is 11.0. The van der Waals surface area contributed by atoms with Crippen molar-refractivity contribution in [3.8, 4) is 22.8 Å². The van der Waals surface area contributed by atoms with Gasteiger partial charge in [0.15, 0.2) is 16.6 Å². The van der Waals surface area contributed by atoms with Gasteiger partial charge in [-0.25, -0.2) is 14.8 Å². The maximum atomic E-state index is 13.2. The number of benzene rings is 4. The Bertz CT molecular complexity index is 1720. The van der Waals surface area contributed by atoms with Crippen LogP contribution in [0.25, 0.3) is 11.3 Å². The van der Waals surface area contributed by atoms with Gasteiger partial charge in [-0.3, -0.25) is 4.79 Å². The number of aryl methyl sites for hydroxylation is 1. The molecule has 0 spiro atoms. The van der Waals surface area contributed by atoms with Crippen LogP contribution >= 0.6 is 27.3 Å². The lowest BCUT2D eigenvalue weighted by Crippen LogP contribution is -2.17. The number of nitrogens with zero attached hydrogens (tertiary/aromatic N) is 2. The second kappa shape index (κ2) is 14.1. The predicted molar refractivity (Wildman–Crippen MR) is 173 cm³/mol. The van der Waals surface area contributed by atoms with Crippen molar-refractivity contribution in [2.75, 3.05) is 11.9 Å². The van der Waals surface area contributed by atoms with Crippen molar-refractivity contribution in [3.63, 3.8) is 0 Å². The number of carbonyl (C=O) groups is 1. The number of hydrazone groups is 1. The predicted octanol–water partition coefficient (Wildman–Crippen LogP) is 8.51. The quantitative estimate of drug-likeness (QED) is 0.110. The minimum absolute atomic E-state index is 0.245. The van der Waals surface area contributed by atoms with Crippen LogP contribution in [0, 0.1) is 12.7 Å². The van der Waals surface area contributed by atoms with Gasteiger partial charge in [0.25, 0.3) is 5.91 Å². The van der Waals surface area contributed by atoms with E-state index in [9.17, 15) is 9.18 Å². The number of aromatic nitrogens is 1. The number of hydrogen-bond donors (Lipinski definition) is 2. The van der Waals surface area contributed by atoms with Crippen molar-refractivity contribution in [1.29, 1.82) is 0 Å². The number of amides is 1. The highest BCUT2D eigenvalue weighted by Crippen LogP contribution is 2.37. The topological polar surface area (TPSA) is 84.8 Å². The van der Waals surface area contributed by atoms with Crippen molar-refractivity contribution >= 4 is 50.2 Å². The molecule has 5 rings (SSSR count). The second-order valence-corrected chi connectivity index (χ2v) is 11.2. The molecular weight excluding hydrogens is 631 g/mol. The zero-order chi connectivity index (χ0) is 30.2. The summed E-state index contributed by atoms with van der Waals surface area (Å²) in [4.78, 5) is 17.4. The Morgan fingerprint density at radius 1 is 1.02 bits per heavy atom. The van der Waals surface area contributed by atoms with Crippen molar-refractivity contribution < 1.29 is 18.7 Å². The third-order valence-corrected chi connectivity index (χ3v) is 7.60. The lowest BCUT2D eigenvalue weighted by Gasteiger charge is -2.14. The monoisotopic (exact) mass is 658 g/mol. The molecule has 10 heteroatoms. The molecule has 0 bridgehead atoms. The molecule has 4 aromatic carbocycles. The Balaban J connectivity index is 1.19. The Hall–Kier alpha value is -4.54. The standard InChI is InChI=1S/C33H28BrFN4O3S/c1-3-41-30-17-23(16-28(34)31(30)42-19-22-6-12-26(35)13-7-22)18-36-39-32(40)25-10-8-24(9-11-25)29-20-43-33(38-29)37-27-14-4-21(2)5-15-27/h4-18,20H,3,19H2,1-2H3,(H,37,38)(H,39,40)/b36-18-. The first-order valence-corrected chi connectivity index (χ1v) is 15.1. The first-order valence-electron chi connectivity index (χ1n) is 13.4. The highest BCUT2D eigenvalue weighted by Gasteiger charge is 2.13. The summed E-state index contributed by atoms with van der Waals surface area (Å²) in [5.74, 6) is 0.391. The third kappa shape index (κ3) is 8.06. The van der Waals surface area contributed by atoms with Crippen molar-refractivity contribution in [3.05, 3.63) is 123 Å². The van der Waals surface area contributed by atoms with E-state index in [0.29, 0.717) is 33.7 Å². The number of rotatable bonds is 11. The van der Waals surface area contributed by atoms with Crippen LogP contribution < -0.4 is 20.2 Å². The molecule has 1 amide bonds. The average molecular weight is 660 g/mol. The molecule has 0 atom stereocenters. The summed E-state index contributed by atoms with van der Waals surface area (Å²) in [5, 5.41) is 10.2. The molecule has 7 nitrogen and oxygen atoms in total. The average Bonchev–Trinajstić information content (AvgIpc) is 3.47.